The number of benzene rings is 1. The smallest absolute Gasteiger partial charge is 0.255 e. The van der Waals surface area contributed by atoms with Crippen LogP contribution in [0.1, 0.15) is 35.8 Å². The van der Waals surface area contributed by atoms with E-state index in [1.54, 1.807) is 14.0 Å². The van der Waals surface area contributed by atoms with Gasteiger partial charge in [-0.25, -0.2) is 9.97 Å². The Bertz CT molecular complexity index is 1330. The van der Waals surface area contributed by atoms with Gasteiger partial charge in [0, 0.05) is 30.4 Å². The number of rotatable bonds is 8. The first kappa shape index (κ1) is 25.0. The third kappa shape index (κ3) is 4.96. The number of hydrogen-bond acceptors (Lipinski definition) is 8. The van der Waals surface area contributed by atoms with Gasteiger partial charge in [-0.05, 0) is 44.7 Å². The van der Waals surface area contributed by atoms with Gasteiger partial charge in [-0.3, -0.25) is 9.59 Å². The molecule has 37 heavy (non-hydrogen) atoms. The zero-order valence-electron chi connectivity index (χ0n) is 21.0. The van der Waals surface area contributed by atoms with Crippen molar-refractivity contribution in [3.05, 3.63) is 35.8 Å². The van der Waals surface area contributed by atoms with Crippen molar-refractivity contribution in [2.45, 2.75) is 44.9 Å². The quantitative estimate of drug-likeness (QED) is 0.356. The SMILES string of the molecule is COc1ccc(-c2ncnc3c(C(=O)N[C@@H]4CN(C(=O)[C@H](C)O)C[C@@H]4O)c(C)[nH]c23)c(OCC2CC2)c1. The lowest BCUT2D eigenvalue weighted by Gasteiger charge is -2.18. The number of H-pyrrole nitrogens is 1. The highest BCUT2D eigenvalue weighted by Crippen LogP contribution is 2.38. The molecule has 0 radical (unpaired) electrons. The van der Waals surface area contributed by atoms with E-state index in [1.807, 2.05) is 18.2 Å². The molecule has 2 fully saturated rings. The fourth-order valence-corrected chi connectivity index (χ4v) is 4.65. The number of aromatic nitrogens is 3. The predicted molar refractivity (Wildman–Crippen MR) is 134 cm³/mol. The molecule has 2 amide bonds. The summed E-state index contributed by atoms with van der Waals surface area (Å²) in [7, 11) is 1.60. The Kier molecular flexibility index (Phi) is 6.74. The molecule has 1 saturated carbocycles. The van der Waals surface area contributed by atoms with Crippen LogP contribution in [0, 0.1) is 12.8 Å². The lowest BCUT2D eigenvalue weighted by Crippen LogP contribution is -2.43. The van der Waals surface area contributed by atoms with E-state index in [0.717, 1.165) is 18.4 Å². The normalized spacial score (nSPS) is 20.2. The van der Waals surface area contributed by atoms with Crippen molar-refractivity contribution < 1.29 is 29.3 Å². The summed E-state index contributed by atoms with van der Waals surface area (Å²) in [4.78, 5) is 38.9. The molecular formula is C26H31N5O6. The second kappa shape index (κ2) is 9.98. The molecular weight excluding hydrogens is 478 g/mol. The molecule has 11 heteroatoms. The van der Waals surface area contributed by atoms with Gasteiger partial charge in [-0.1, -0.05) is 0 Å². The summed E-state index contributed by atoms with van der Waals surface area (Å²) in [5.74, 6) is 0.951. The van der Waals surface area contributed by atoms with Gasteiger partial charge in [-0.15, -0.1) is 0 Å². The third-order valence-electron chi connectivity index (χ3n) is 6.89. The van der Waals surface area contributed by atoms with E-state index in [4.69, 9.17) is 9.47 Å². The van der Waals surface area contributed by atoms with Crippen molar-refractivity contribution in [3.63, 3.8) is 0 Å². The van der Waals surface area contributed by atoms with Crippen molar-refractivity contribution >= 4 is 22.8 Å². The van der Waals surface area contributed by atoms with Crippen LogP contribution in [0.15, 0.2) is 24.5 Å². The molecule has 2 aromatic heterocycles. The highest BCUT2D eigenvalue weighted by Gasteiger charge is 2.37. The second-order valence-electron chi connectivity index (χ2n) is 9.75. The molecule has 4 N–H and O–H groups in total. The lowest BCUT2D eigenvalue weighted by molar-refractivity contribution is -0.138. The minimum Gasteiger partial charge on any atom is -0.497 e. The molecule has 0 unspecified atom stereocenters. The highest BCUT2D eigenvalue weighted by atomic mass is 16.5. The number of aliphatic hydroxyl groups is 2. The van der Waals surface area contributed by atoms with E-state index in [0.29, 0.717) is 52.0 Å². The topological polar surface area (TPSA) is 150 Å². The fourth-order valence-electron chi connectivity index (χ4n) is 4.65. The Labute approximate surface area is 213 Å². The average molecular weight is 510 g/mol. The van der Waals surface area contributed by atoms with E-state index < -0.39 is 30.1 Å². The van der Waals surface area contributed by atoms with Gasteiger partial charge in [-0.2, -0.15) is 0 Å². The molecule has 1 aliphatic carbocycles. The summed E-state index contributed by atoms with van der Waals surface area (Å²) in [5, 5.41) is 22.8. The van der Waals surface area contributed by atoms with Crippen LogP contribution >= 0.6 is 0 Å². The number of nitrogens with zero attached hydrogens (tertiary/aromatic N) is 3. The van der Waals surface area contributed by atoms with Crippen LogP contribution < -0.4 is 14.8 Å². The molecule has 0 bridgehead atoms. The summed E-state index contributed by atoms with van der Waals surface area (Å²) >= 11 is 0. The maximum Gasteiger partial charge on any atom is 0.255 e. The first-order valence-electron chi connectivity index (χ1n) is 12.4. The molecule has 2 aliphatic rings. The first-order valence-corrected chi connectivity index (χ1v) is 12.4. The minimum atomic E-state index is -1.18. The number of aromatic amines is 1. The van der Waals surface area contributed by atoms with Crippen molar-refractivity contribution in [2.24, 2.45) is 5.92 Å². The Balaban J connectivity index is 1.44. The van der Waals surface area contributed by atoms with Crippen LogP contribution in [0.2, 0.25) is 0 Å². The van der Waals surface area contributed by atoms with Crippen LogP contribution in [0.4, 0.5) is 0 Å². The number of β-amino-alcohol motifs (C(OH)–C–C–N with tert-alkyl or cyclic N) is 1. The molecule has 3 heterocycles. The van der Waals surface area contributed by atoms with Crippen LogP contribution in [0.5, 0.6) is 11.5 Å². The maximum atomic E-state index is 13.3. The van der Waals surface area contributed by atoms with Crippen LogP contribution in [-0.2, 0) is 4.79 Å². The molecule has 1 aliphatic heterocycles. The van der Waals surface area contributed by atoms with Crippen LogP contribution in [0.25, 0.3) is 22.3 Å². The summed E-state index contributed by atoms with van der Waals surface area (Å²) in [5.41, 5.74) is 3.29. The molecule has 196 valence electrons. The van der Waals surface area contributed by atoms with E-state index in [9.17, 15) is 19.8 Å². The van der Waals surface area contributed by atoms with Gasteiger partial charge < -0.3 is 34.9 Å². The third-order valence-corrected chi connectivity index (χ3v) is 6.89. The number of nitrogens with one attached hydrogen (secondary N) is 2. The lowest BCUT2D eigenvalue weighted by atomic mass is 10.1. The van der Waals surface area contributed by atoms with Crippen LogP contribution in [0.3, 0.4) is 0 Å². The second-order valence-corrected chi connectivity index (χ2v) is 9.75. The Hall–Kier alpha value is -3.70. The predicted octanol–water partition coefficient (Wildman–Crippen LogP) is 1.41. The van der Waals surface area contributed by atoms with Gasteiger partial charge in [0.05, 0.1) is 36.9 Å². The summed E-state index contributed by atoms with van der Waals surface area (Å²) in [6.45, 7) is 3.90. The van der Waals surface area contributed by atoms with E-state index in [1.165, 1.54) is 18.2 Å². The Morgan fingerprint density at radius 1 is 1.27 bits per heavy atom. The first-order chi connectivity index (χ1) is 17.8. The average Bonchev–Trinajstić information content (AvgIpc) is 3.55. The molecule has 11 nitrogen and oxygen atoms in total. The zero-order chi connectivity index (χ0) is 26.3. The van der Waals surface area contributed by atoms with E-state index in [2.05, 4.69) is 20.3 Å². The number of amides is 2. The maximum absolute atomic E-state index is 13.3. The number of carbonyl (C=O) groups excluding carboxylic acids is 2. The van der Waals surface area contributed by atoms with Gasteiger partial charge in [0.25, 0.3) is 11.8 Å². The number of methoxy groups -OCH3 is 1. The van der Waals surface area contributed by atoms with Gasteiger partial charge >= 0.3 is 0 Å². The molecule has 3 aromatic rings. The monoisotopic (exact) mass is 509 g/mol. The number of aliphatic hydroxyl groups excluding tert-OH is 2. The van der Waals surface area contributed by atoms with Crippen molar-refractivity contribution in [2.75, 3.05) is 26.8 Å². The highest BCUT2D eigenvalue weighted by molar-refractivity contribution is 6.09. The van der Waals surface area contributed by atoms with Crippen LogP contribution in [-0.4, -0.2) is 86.9 Å². The number of likely N-dealkylation sites (tertiary alicyclic amines) is 1. The standard InChI is InChI=1S/C26H31N5O6/c1-13-21(25(34)30-18-9-31(10-19(18)33)26(35)14(2)32)23-24(29-13)22(27-12-28-23)17-7-6-16(36-3)8-20(17)37-11-15-4-5-15/h6-8,12,14-15,18-19,29,32-33H,4-5,9-11H2,1-3H3,(H,30,34)/t14-,18+,19-/m0/s1. The number of fused-ring (bicyclic) bond motifs is 1. The molecule has 5 rings (SSSR count). The largest absolute Gasteiger partial charge is 0.497 e. The van der Waals surface area contributed by atoms with Gasteiger partial charge in [0.15, 0.2) is 0 Å². The number of carbonyl (C=O) groups is 2. The summed E-state index contributed by atoms with van der Waals surface area (Å²) < 4.78 is 11.5. The molecule has 1 saturated heterocycles. The summed E-state index contributed by atoms with van der Waals surface area (Å²) in [6, 6.07) is 4.86. The molecule has 3 atom stereocenters. The number of hydrogen-bond donors (Lipinski definition) is 4. The minimum absolute atomic E-state index is 0.0367. The molecule has 1 aromatic carbocycles. The Morgan fingerprint density at radius 2 is 2.05 bits per heavy atom. The van der Waals surface area contributed by atoms with E-state index >= 15 is 0 Å². The fraction of sp³-hybridized carbons (Fsp3) is 0.462. The van der Waals surface area contributed by atoms with Crippen molar-refractivity contribution in [3.8, 4) is 22.8 Å². The van der Waals surface area contributed by atoms with Crippen molar-refractivity contribution in [1.82, 2.24) is 25.2 Å². The van der Waals surface area contributed by atoms with Gasteiger partial charge in [0.2, 0.25) is 0 Å². The van der Waals surface area contributed by atoms with Crippen molar-refractivity contribution in [1.29, 1.82) is 0 Å². The molecule has 0 spiro atoms. The number of ether oxygens (including phenoxy) is 2. The van der Waals surface area contributed by atoms with Gasteiger partial charge in [0.1, 0.15) is 35.1 Å². The van der Waals surface area contributed by atoms with E-state index in [-0.39, 0.29) is 13.1 Å². The number of aryl methyl sites for hydroxylation is 1. The summed E-state index contributed by atoms with van der Waals surface area (Å²) in [6.07, 6.45) is 1.60. The Morgan fingerprint density at radius 3 is 2.76 bits per heavy atom. The zero-order valence-corrected chi connectivity index (χ0v) is 21.0.